The lowest BCUT2D eigenvalue weighted by molar-refractivity contribution is 0.0864. The van der Waals surface area contributed by atoms with Gasteiger partial charge in [-0.05, 0) is 144 Å². The molecular weight excluding hydrogens is 1400 g/mol. The van der Waals surface area contributed by atoms with E-state index in [1.165, 1.54) is 21.2 Å². The molecule has 8 nitrogen and oxygen atoms in total. The maximum absolute atomic E-state index is 15.0. The molecule has 0 bridgehead atoms. The van der Waals surface area contributed by atoms with Crippen molar-refractivity contribution in [1.82, 2.24) is 21.3 Å². The van der Waals surface area contributed by atoms with Crippen LogP contribution in [0.4, 0.5) is 0 Å². The predicted octanol–water partition coefficient (Wildman–Crippen LogP) is 15.5. The summed E-state index contributed by atoms with van der Waals surface area (Å²) >= 11 is 0. The lowest BCUT2D eigenvalue weighted by atomic mass is 9.89. The first-order valence-electron chi connectivity index (χ1n) is 36.6. The summed E-state index contributed by atoms with van der Waals surface area (Å²) in [6.07, 6.45) is 3.63. The zero-order chi connectivity index (χ0) is 73.6. The molecular formula is C96H82N4O4P4. The highest BCUT2D eigenvalue weighted by Gasteiger charge is 2.35. The third-order valence-corrected chi connectivity index (χ3v) is 29.3. The molecule has 15 rings (SSSR count). The van der Waals surface area contributed by atoms with E-state index < -0.39 is 43.8 Å². The van der Waals surface area contributed by atoms with Gasteiger partial charge in [0, 0.05) is 34.3 Å². The highest BCUT2D eigenvalue weighted by molar-refractivity contribution is 7.81. The van der Waals surface area contributed by atoms with E-state index in [-0.39, 0.29) is 35.7 Å². The van der Waals surface area contributed by atoms with Crippen molar-refractivity contribution in [3.8, 4) is 0 Å². The quantitative estimate of drug-likeness (QED) is 0.0477. The van der Waals surface area contributed by atoms with Crippen LogP contribution in [0.15, 0.2) is 400 Å². The molecule has 1 aliphatic rings. The van der Waals surface area contributed by atoms with E-state index in [9.17, 15) is 19.2 Å². The van der Waals surface area contributed by atoms with Gasteiger partial charge < -0.3 is 21.3 Å². The van der Waals surface area contributed by atoms with Crippen LogP contribution in [-0.4, -0.2) is 35.7 Å². The third-order valence-electron chi connectivity index (χ3n) is 19.3. The first-order chi connectivity index (χ1) is 53.3. The van der Waals surface area contributed by atoms with E-state index in [1.807, 2.05) is 182 Å². The molecule has 12 heteroatoms. The molecule has 14 aromatic rings. The van der Waals surface area contributed by atoms with Gasteiger partial charge in [-0.3, -0.25) is 19.2 Å². The summed E-state index contributed by atoms with van der Waals surface area (Å²) in [6, 6.07) is 134. The second-order valence-electron chi connectivity index (χ2n) is 26.3. The minimum absolute atomic E-state index is 0.0943. The fraction of sp³-hybridized carbons (Fsp3) is 0.0833. The average molecular weight is 1480 g/mol. The molecule has 4 unspecified atom stereocenters. The molecule has 530 valence electrons. The van der Waals surface area contributed by atoms with Crippen LogP contribution in [0.25, 0.3) is 0 Å². The Bertz CT molecular complexity index is 4750. The summed E-state index contributed by atoms with van der Waals surface area (Å²) in [6.45, 7) is 0. The molecule has 0 heterocycles. The lowest BCUT2D eigenvalue weighted by Crippen LogP contribution is -2.54. The van der Waals surface area contributed by atoms with Gasteiger partial charge in [0.05, 0.1) is 12.1 Å². The van der Waals surface area contributed by atoms with E-state index in [0.29, 0.717) is 22.3 Å². The average Bonchev–Trinajstić information content (AvgIpc) is 0.802. The lowest BCUT2D eigenvalue weighted by Gasteiger charge is -2.33. The summed E-state index contributed by atoms with van der Waals surface area (Å²) in [5.41, 5.74) is 4.32. The molecule has 0 saturated heterocycles. The molecule has 0 aromatic heterocycles. The van der Waals surface area contributed by atoms with Crippen LogP contribution >= 0.6 is 31.7 Å². The van der Waals surface area contributed by atoms with Gasteiger partial charge >= 0.3 is 0 Å². The standard InChI is InChI=1S/C52H42N2O2P2.C44H40N2O2P2/c55-51(45-35-19-21-37-47(45)57(41-27-11-3-12-28-41)42-29-13-4-14-30-42)53-49(39-23-7-1-8-24-39)50(40-25-9-2-10-26-40)54-52(56)46-36-20-22-38-48(46)58(43-31-15-5-16-32-43)44-33-17-6-18-34-44;47-43(37-27-13-17-31-41(37)49(33-19-5-1-6-20-33)34-21-7-2-8-22-34)45-39-29-15-16-30-40(39)46-44(48)38-28-14-18-32-42(38)50(35-23-9-3-10-24-35)36-25-11-4-12-26-36/h1-38,49-50H,(H,53,55)(H,54,56);1-14,17-28,31-32,39-40H,15-16,29-30H2,(H,45,47)(H,46,48). The van der Waals surface area contributed by atoms with Crippen LogP contribution in [0.2, 0.25) is 0 Å². The third kappa shape index (κ3) is 17.9. The van der Waals surface area contributed by atoms with E-state index in [1.54, 1.807) is 0 Å². The Labute approximate surface area is 638 Å². The highest BCUT2D eigenvalue weighted by atomic mass is 31.1. The number of rotatable bonds is 23. The van der Waals surface area contributed by atoms with Gasteiger partial charge in [0.25, 0.3) is 23.6 Å². The SMILES string of the molecule is O=C(NC(c1ccccc1)C(NC(=O)c1ccccc1P(c1ccccc1)c1ccccc1)c1ccccc1)c1ccccc1P(c1ccccc1)c1ccccc1.O=C(NC1CCCCC1NC(=O)c1ccccc1P(c1ccccc1)c1ccccc1)c1ccccc1P(c1ccccc1)c1ccccc1. The molecule has 1 fully saturated rings. The smallest absolute Gasteiger partial charge is 0.252 e. The fourth-order valence-corrected chi connectivity index (χ4v) is 24.0. The molecule has 0 aliphatic heterocycles. The summed E-state index contributed by atoms with van der Waals surface area (Å²) in [5, 5.41) is 27.1. The van der Waals surface area contributed by atoms with Gasteiger partial charge in [-0.15, -0.1) is 0 Å². The summed E-state index contributed by atoms with van der Waals surface area (Å²) in [4.78, 5) is 58.4. The molecule has 1 saturated carbocycles. The second-order valence-corrected chi connectivity index (χ2v) is 35.0. The first kappa shape index (κ1) is 73.6. The van der Waals surface area contributed by atoms with Crippen molar-refractivity contribution in [2.75, 3.05) is 0 Å². The van der Waals surface area contributed by atoms with Crippen LogP contribution in [0.3, 0.4) is 0 Å². The van der Waals surface area contributed by atoms with Gasteiger partial charge in [0.2, 0.25) is 0 Å². The van der Waals surface area contributed by atoms with Crippen LogP contribution in [0.1, 0.15) is 90.3 Å². The van der Waals surface area contributed by atoms with Crippen molar-refractivity contribution in [2.24, 2.45) is 0 Å². The number of hydrogen-bond donors (Lipinski definition) is 4. The highest BCUT2D eigenvalue weighted by Crippen LogP contribution is 2.40. The Hall–Kier alpha value is -11.3. The van der Waals surface area contributed by atoms with Gasteiger partial charge in [0.15, 0.2) is 0 Å². The molecule has 0 spiro atoms. The maximum Gasteiger partial charge on any atom is 0.252 e. The van der Waals surface area contributed by atoms with E-state index in [0.717, 1.165) is 79.2 Å². The zero-order valence-electron chi connectivity index (χ0n) is 59.7. The minimum Gasteiger partial charge on any atom is -0.347 e. The predicted molar refractivity (Wildman–Crippen MR) is 455 cm³/mol. The van der Waals surface area contributed by atoms with Crippen molar-refractivity contribution >= 4 is 119 Å². The number of carbonyl (C=O) groups excluding carboxylic acids is 4. The Balaban J connectivity index is 0.000000183. The van der Waals surface area contributed by atoms with E-state index in [4.69, 9.17) is 0 Å². The topological polar surface area (TPSA) is 116 Å². The molecule has 4 amide bonds. The van der Waals surface area contributed by atoms with Gasteiger partial charge in [-0.2, -0.15) is 0 Å². The minimum atomic E-state index is -1.06. The summed E-state index contributed by atoms with van der Waals surface area (Å²) in [7, 11) is -4.03. The Morgan fingerprint density at radius 1 is 0.222 bits per heavy atom. The number of carbonyl (C=O) groups is 4. The van der Waals surface area contributed by atoms with Crippen molar-refractivity contribution in [3.63, 3.8) is 0 Å². The largest absolute Gasteiger partial charge is 0.347 e. The van der Waals surface area contributed by atoms with Crippen molar-refractivity contribution in [3.05, 3.63) is 434 Å². The first-order valence-corrected chi connectivity index (χ1v) is 42.0. The Morgan fingerprint density at radius 2 is 0.398 bits per heavy atom. The summed E-state index contributed by atoms with van der Waals surface area (Å²) in [5.74, 6) is -0.612. The normalized spacial score (nSPS) is 13.8. The number of amides is 4. The van der Waals surface area contributed by atoms with Crippen molar-refractivity contribution < 1.29 is 19.2 Å². The van der Waals surface area contributed by atoms with Crippen molar-refractivity contribution in [1.29, 1.82) is 0 Å². The van der Waals surface area contributed by atoms with Gasteiger partial charge in [-0.25, -0.2) is 0 Å². The summed E-state index contributed by atoms with van der Waals surface area (Å²) < 4.78 is 0. The zero-order valence-corrected chi connectivity index (χ0v) is 63.2. The van der Waals surface area contributed by atoms with Crippen LogP contribution < -0.4 is 84.9 Å². The van der Waals surface area contributed by atoms with Crippen LogP contribution in [-0.2, 0) is 0 Å². The van der Waals surface area contributed by atoms with Crippen LogP contribution in [0.5, 0.6) is 0 Å². The van der Waals surface area contributed by atoms with Gasteiger partial charge in [-0.1, -0.05) is 389 Å². The maximum atomic E-state index is 15.0. The Kier molecular flexibility index (Phi) is 25.1. The second kappa shape index (κ2) is 36.8. The van der Waals surface area contributed by atoms with Gasteiger partial charge in [0.1, 0.15) is 0 Å². The molecule has 1 aliphatic carbocycles. The fourth-order valence-electron chi connectivity index (χ4n) is 14.2. The molecule has 4 N–H and O–H groups in total. The number of benzene rings is 14. The monoisotopic (exact) mass is 1480 g/mol. The molecule has 14 aromatic carbocycles. The van der Waals surface area contributed by atoms with Crippen LogP contribution in [0, 0.1) is 0 Å². The van der Waals surface area contributed by atoms with Crippen molar-refractivity contribution in [2.45, 2.75) is 49.9 Å². The van der Waals surface area contributed by atoms with E-state index >= 15 is 0 Å². The van der Waals surface area contributed by atoms with E-state index in [2.05, 4.69) is 240 Å². The Morgan fingerprint density at radius 3 is 0.611 bits per heavy atom. The molecule has 0 radical (unpaired) electrons. The number of nitrogens with one attached hydrogen (secondary N) is 4. The number of hydrogen-bond acceptors (Lipinski definition) is 4. The molecule has 4 atom stereocenters. The molecule has 108 heavy (non-hydrogen) atoms.